The Bertz CT molecular complexity index is 330. The summed E-state index contributed by atoms with van der Waals surface area (Å²) in [5.74, 6) is 0.527. The molecule has 0 aromatic heterocycles. The summed E-state index contributed by atoms with van der Waals surface area (Å²) >= 11 is 0. The molecule has 1 aliphatic carbocycles. The van der Waals surface area contributed by atoms with Gasteiger partial charge in [0, 0.05) is 5.41 Å². The van der Waals surface area contributed by atoms with E-state index in [1.807, 2.05) is 13.0 Å². The quantitative estimate of drug-likeness (QED) is 0.604. The molecule has 0 bridgehead atoms. The standard InChI is InChI=1S/C15H26O2/c1-6-15(5,12-13(2,3)17-12)11-7-9-14(4,16)10-8-11/h7,9,11-12,16H,6,8,10H2,1-5H3. The van der Waals surface area contributed by atoms with Crippen molar-refractivity contribution in [2.45, 2.75) is 71.2 Å². The first kappa shape index (κ1) is 13.1. The minimum atomic E-state index is -0.606. The fourth-order valence-corrected chi connectivity index (χ4v) is 3.34. The number of ether oxygens (including phenoxy) is 1. The summed E-state index contributed by atoms with van der Waals surface area (Å²) in [6, 6.07) is 0. The lowest BCUT2D eigenvalue weighted by Gasteiger charge is -2.39. The lowest BCUT2D eigenvalue weighted by molar-refractivity contribution is 0.0618. The van der Waals surface area contributed by atoms with Crippen LogP contribution in [0.5, 0.6) is 0 Å². The summed E-state index contributed by atoms with van der Waals surface area (Å²) in [6.07, 6.45) is 7.59. The number of epoxide rings is 1. The van der Waals surface area contributed by atoms with Gasteiger partial charge in [0.2, 0.25) is 0 Å². The summed E-state index contributed by atoms with van der Waals surface area (Å²) < 4.78 is 5.87. The van der Waals surface area contributed by atoms with Gasteiger partial charge in [-0.3, -0.25) is 0 Å². The van der Waals surface area contributed by atoms with Gasteiger partial charge in [-0.1, -0.05) is 26.0 Å². The van der Waals surface area contributed by atoms with Gasteiger partial charge < -0.3 is 9.84 Å². The topological polar surface area (TPSA) is 32.8 Å². The first-order valence-corrected chi connectivity index (χ1v) is 6.81. The summed E-state index contributed by atoms with van der Waals surface area (Å²) in [5, 5.41) is 9.97. The normalized spacial score (nSPS) is 43.2. The Hall–Kier alpha value is -0.340. The predicted molar refractivity (Wildman–Crippen MR) is 69.8 cm³/mol. The Morgan fingerprint density at radius 3 is 2.35 bits per heavy atom. The zero-order valence-corrected chi connectivity index (χ0v) is 11.8. The van der Waals surface area contributed by atoms with Crippen molar-refractivity contribution in [3.05, 3.63) is 12.2 Å². The number of hydrogen-bond acceptors (Lipinski definition) is 2. The molecule has 4 unspecified atom stereocenters. The Morgan fingerprint density at radius 2 is 2.00 bits per heavy atom. The number of hydrogen-bond donors (Lipinski definition) is 1. The molecular weight excluding hydrogens is 212 g/mol. The number of rotatable bonds is 3. The van der Waals surface area contributed by atoms with E-state index >= 15 is 0 Å². The van der Waals surface area contributed by atoms with Crippen molar-refractivity contribution in [1.82, 2.24) is 0 Å². The fraction of sp³-hybridized carbons (Fsp3) is 0.867. The van der Waals surface area contributed by atoms with E-state index in [2.05, 4.69) is 33.8 Å². The second-order valence-corrected chi connectivity index (χ2v) is 6.82. The van der Waals surface area contributed by atoms with Gasteiger partial charge in [0.05, 0.1) is 17.3 Å². The minimum absolute atomic E-state index is 0.0402. The van der Waals surface area contributed by atoms with Gasteiger partial charge in [0.1, 0.15) is 0 Å². The largest absolute Gasteiger partial charge is 0.386 e. The molecule has 0 amide bonds. The fourth-order valence-electron chi connectivity index (χ4n) is 3.34. The smallest absolute Gasteiger partial charge is 0.0926 e. The molecule has 1 saturated heterocycles. The van der Waals surface area contributed by atoms with Crippen molar-refractivity contribution < 1.29 is 9.84 Å². The predicted octanol–water partition coefficient (Wildman–Crippen LogP) is 3.30. The minimum Gasteiger partial charge on any atom is -0.386 e. The lowest BCUT2D eigenvalue weighted by atomic mass is 9.65. The molecule has 1 heterocycles. The van der Waals surface area contributed by atoms with Crippen LogP contribution >= 0.6 is 0 Å². The van der Waals surface area contributed by atoms with E-state index in [-0.39, 0.29) is 11.0 Å². The molecular formula is C15H26O2. The average Bonchev–Trinajstić information content (AvgIpc) is 2.87. The van der Waals surface area contributed by atoms with E-state index < -0.39 is 5.60 Å². The van der Waals surface area contributed by atoms with Gasteiger partial charge in [-0.05, 0) is 46.0 Å². The van der Waals surface area contributed by atoms with Gasteiger partial charge in [0.25, 0.3) is 0 Å². The lowest BCUT2D eigenvalue weighted by Crippen LogP contribution is -2.38. The highest BCUT2D eigenvalue weighted by atomic mass is 16.6. The van der Waals surface area contributed by atoms with Gasteiger partial charge in [-0.25, -0.2) is 0 Å². The highest BCUT2D eigenvalue weighted by Gasteiger charge is 2.59. The van der Waals surface area contributed by atoms with Crippen molar-refractivity contribution >= 4 is 0 Å². The molecule has 1 N–H and O–H groups in total. The maximum absolute atomic E-state index is 9.97. The molecule has 2 nitrogen and oxygen atoms in total. The highest BCUT2D eigenvalue weighted by Crippen LogP contribution is 2.54. The van der Waals surface area contributed by atoms with Gasteiger partial charge >= 0.3 is 0 Å². The van der Waals surface area contributed by atoms with Crippen LogP contribution in [0.4, 0.5) is 0 Å². The van der Waals surface area contributed by atoms with Crippen LogP contribution in [0.15, 0.2) is 12.2 Å². The Balaban J connectivity index is 2.15. The molecule has 1 fully saturated rings. The molecule has 2 aliphatic rings. The molecule has 0 aromatic rings. The number of allylic oxidation sites excluding steroid dienone is 1. The monoisotopic (exact) mass is 238 g/mol. The van der Waals surface area contributed by atoms with Crippen LogP contribution in [-0.2, 0) is 4.74 Å². The van der Waals surface area contributed by atoms with Crippen molar-refractivity contribution in [1.29, 1.82) is 0 Å². The molecule has 0 radical (unpaired) electrons. The molecule has 98 valence electrons. The van der Waals surface area contributed by atoms with Crippen LogP contribution < -0.4 is 0 Å². The molecule has 1 aliphatic heterocycles. The SMILES string of the molecule is CCC(C)(C1C=CC(C)(O)CC1)C1OC1(C)C. The van der Waals surface area contributed by atoms with E-state index in [0.717, 1.165) is 19.3 Å². The Morgan fingerprint density at radius 1 is 1.41 bits per heavy atom. The van der Waals surface area contributed by atoms with Crippen LogP contribution in [0.1, 0.15) is 53.9 Å². The van der Waals surface area contributed by atoms with Gasteiger partial charge in [0.15, 0.2) is 0 Å². The van der Waals surface area contributed by atoms with Crippen LogP contribution in [0.3, 0.4) is 0 Å². The van der Waals surface area contributed by atoms with Crippen molar-refractivity contribution in [3.8, 4) is 0 Å². The van der Waals surface area contributed by atoms with Crippen molar-refractivity contribution in [2.24, 2.45) is 11.3 Å². The first-order valence-electron chi connectivity index (χ1n) is 6.81. The summed E-state index contributed by atoms with van der Waals surface area (Å²) in [7, 11) is 0. The van der Waals surface area contributed by atoms with Crippen LogP contribution in [0, 0.1) is 11.3 Å². The van der Waals surface area contributed by atoms with E-state index in [1.165, 1.54) is 0 Å². The third kappa shape index (κ3) is 2.30. The van der Waals surface area contributed by atoms with Gasteiger partial charge in [-0.15, -0.1) is 0 Å². The molecule has 2 rings (SSSR count). The average molecular weight is 238 g/mol. The van der Waals surface area contributed by atoms with E-state index in [0.29, 0.717) is 12.0 Å². The molecule has 17 heavy (non-hydrogen) atoms. The molecule has 0 saturated carbocycles. The Labute approximate surface area is 105 Å². The van der Waals surface area contributed by atoms with Crippen LogP contribution in [0.2, 0.25) is 0 Å². The van der Waals surface area contributed by atoms with Crippen molar-refractivity contribution in [2.75, 3.05) is 0 Å². The number of aliphatic hydroxyl groups is 1. The zero-order valence-electron chi connectivity index (χ0n) is 11.8. The summed E-state index contributed by atoms with van der Waals surface area (Å²) in [6.45, 7) is 10.8. The molecule has 0 spiro atoms. The molecule has 0 aromatic carbocycles. The van der Waals surface area contributed by atoms with E-state index in [9.17, 15) is 5.11 Å². The van der Waals surface area contributed by atoms with Crippen LogP contribution in [0.25, 0.3) is 0 Å². The molecule has 2 heteroatoms. The first-order chi connectivity index (χ1) is 7.71. The van der Waals surface area contributed by atoms with Crippen LogP contribution in [-0.4, -0.2) is 22.4 Å². The third-order valence-electron chi connectivity index (χ3n) is 4.85. The highest BCUT2D eigenvalue weighted by molar-refractivity contribution is 5.15. The van der Waals surface area contributed by atoms with E-state index in [1.54, 1.807) is 0 Å². The maximum atomic E-state index is 9.97. The second kappa shape index (κ2) is 3.83. The Kier molecular flexibility index (Phi) is 2.95. The van der Waals surface area contributed by atoms with Crippen molar-refractivity contribution in [3.63, 3.8) is 0 Å². The molecule has 4 atom stereocenters. The van der Waals surface area contributed by atoms with E-state index in [4.69, 9.17) is 4.74 Å². The second-order valence-electron chi connectivity index (χ2n) is 6.82. The summed E-state index contributed by atoms with van der Waals surface area (Å²) in [4.78, 5) is 0. The zero-order chi connectivity index (χ0) is 12.9. The maximum Gasteiger partial charge on any atom is 0.0926 e. The third-order valence-corrected chi connectivity index (χ3v) is 4.85. The van der Waals surface area contributed by atoms with Gasteiger partial charge in [-0.2, -0.15) is 0 Å². The summed E-state index contributed by atoms with van der Waals surface area (Å²) in [5.41, 5.74) is -0.361.